The third-order valence-corrected chi connectivity index (χ3v) is 3.10. The molecule has 2 heterocycles. The van der Waals surface area contributed by atoms with Crippen LogP contribution >= 0.6 is 0 Å². The summed E-state index contributed by atoms with van der Waals surface area (Å²) in [5, 5.41) is 13.5. The number of fused-ring (bicyclic) bond motifs is 1. The van der Waals surface area contributed by atoms with Crippen LogP contribution in [-0.4, -0.2) is 23.3 Å². The fourth-order valence-corrected chi connectivity index (χ4v) is 2.21. The molecular formula is C12H13N3. The van der Waals surface area contributed by atoms with E-state index in [0.717, 1.165) is 13.1 Å². The molecule has 0 amide bonds. The molecule has 15 heavy (non-hydrogen) atoms. The molecular weight excluding hydrogens is 186 g/mol. The average Bonchev–Trinajstić information content (AvgIpc) is 2.82. The number of nitrogens with one attached hydrogen (secondary N) is 1. The highest BCUT2D eigenvalue weighted by molar-refractivity contribution is 5.81. The highest BCUT2D eigenvalue weighted by atomic mass is 15.1. The van der Waals surface area contributed by atoms with Crippen LogP contribution < -0.4 is 5.32 Å². The first-order chi connectivity index (χ1) is 7.43. The van der Waals surface area contributed by atoms with Crippen LogP contribution in [0.4, 0.5) is 0 Å². The Morgan fingerprint density at radius 1 is 1.13 bits per heavy atom. The number of hydrogen-bond acceptors (Lipinski definition) is 3. The molecule has 1 fully saturated rings. The van der Waals surface area contributed by atoms with E-state index < -0.39 is 0 Å². The van der Waals surface area contributed by atoms with Crippen molar-refractivity contribution in [1.29, 1.82) is 0 Å². The largest absolute Gasteiger partial charge is 0.316 e. The summed E-state index contributed by atoms with van der Waals surface area (Å²) in [7, 11) is 0. The Balaban J connectivity index is 2.05. The fraction of sp³-hybridized carbons (Fsp3) is 0.333. The van der Waals surface area contributed by atoms with Crippen molar-refractivity contribution >= 4 is 10.8 Å². The molecule has 3 heteroatoms. The SMILES string of the molecule is c1cc2cnncc2cc1C1CCNC1. The van der Waals surface area contributed by atoms with Gasteiger partial charge in [0.15, 0.2) is 0 Å². The maximum Gasteiger partial charge on any atom is 0.0574 e. The van der Waals surface area contributed by atoms with E-state index in [1.54, 1.807) is 0 Å². The monoisotopic (exact) mass is 199 g/mol. The van der Waals surface area contributed by atoms with E-state index in [1.165, 1.54) is 22.8 Å². The van der Waals surface area contributed by atoms with Gasteiger partial charge in [0, 0.05) is 17.3 Å². The molecule has 3 rings (SSSR count). The molecule has 1 atom stereocenters. The predicted molar refractivity (Wildman–Crippen MR) is 59.8 cm³/mol. The first-order valence-corrected chi connectivity index (χ1v) is 5.34. The van der Waals surface area contributed by atoms with Crippen molar-refractivity contribution in [3.05, 3.63) is 36.2 Å². The second-order valence-electron chi connectivity index (χ2n) is 4.07. The van der Waals surface area contributed by atoms with Gasteiger partial charge >= 0.3 is 0 Å². The molecule has 1 unspecified atom stereocenters. The van der Waals surface area contributed by atoms with Crippen LogP contribution in [0.25, 0.3) is 10.8 Å². The van der Waals surface area contributed by atoms with Gasteiger partial charge in [-0.2, -0.15) is 10.2 Å². The van der Waals surface area contributed by atoms with E-state index >= 15 is 0 Å². The molecule has 1 aliphatic rings. The number of aromatic nitrogens is 2. The van der Waals surface area contributed by atoms with Gasteiger partial charge in [-0.05, 0) is 30.5 Å². The number of nitrogens with zero attached hydrogens (tertiary/aromatic N) is 2. The molecule has 3 nitrogen and oxygen atoms in total. The Kier molecular flexibility index (Phi) is 2.10. The van der Waals surface area contributed by atoms with Crippen molar-refractivity contribution in [1.82, 2.24) is 15.5 Å². The summed E-state index contributed by atoms with van der Waals surface area (Å²) in [6.07, 6.45) is 4.89. The maximum absolute atomic E-state index is 3.91. The highest BCUT2D eigenvalue weighted by Gasteiger charge is 2.16. The highest BCUT2D eigenvalue weighted by Crippen LogP contribution is 2.25. The topological polar surface area (TPSA) is 37.8 Å². The summed E-state index contributed by atoms with van der Waals surface area (Å²) in [6, 6.07) is 6.58. The maximum atomic E-state index is 3.91. The normalized spacial score (nSPS) is 20.9. The van der Waals surface area contributed by atoms with Crippen LogP contribution in [0.3, 0.4) is 0 Å². The Hall–Kier alpha value is -1.48. The standard InChI is InChI=1S/C12H13N3/c1-2-10-7-14-15-8-12(10)5-9(1)11-3-4-13-6-11/h1-2,5,7-8,11,13H,3-4,6H2. The molecule has 1 aromatic carbocycles. The average molecular weight is 199 g/mol. The number of rotatable bonds is 1. The Bertz CT molecular complexity index is 475. The van der Waals surface area contributed by atoms with Gasteiger partial charge in [-0.3, -0.25) is 0 Å². The molecule has 0 aliphatic carbocycles. The third kappa shape index (κ3) is 1.59. The molecule has 1 saturated heterocycles. The van der Waals surface area contributed by atoms with Gasteiger partial charge in [-0.1, -0.05) is 12.1 Å². The van der Waals surface area contributed by atoms with E-state index in [0.29, 0.717) is 5.92 Å². The molecule has 0 spiro atoms. The molecule has 1 aliphatic heterocycles. The van der Waals surface area contributed by atoms with Gasteiger partial charge < -0.3 is 5.32 Å². The zero-order chi connectivity index (χ0) is 10.1. The van der Waals surface area contributed by atoms with Gasteiger partial charge in [0.25, 0.3) is 0 Å². The van der Waals surface area contributed by atoms with Crippen molar-refractivity contribution in [2.24, 2.45) is 0 Å². The van der Waals surface area contributed by atoms with Gasteiger partial charge in [0.1, 0.15) is 0 Å². The summed E-state index contributed by atoms with van der Waals surface area (Å²) >= 11 is 0. The minimum Gasteiger partial charge on any atom is -0.316 e. The Morgan fingerprint density at radius 2 is 2.00 bits per heavy atom. The van der Waals surface area contributed by atoms with Crippen LogP contribution in [0.2, 0.25) is 0 Å². The minimum atomic E-state index is 0.669. The fourth-order valence-electron chi connectivity index (χ4n) is 2.21. The summed E-state index contributed by atoms with van der Waals surface area (Å²) in [5.41, 5.74) is 1.42. The van der Waals surface area contributed by atoms with Gasteiger partial charge in [0.05, 0.1) is 12.4 Å². The van der Waals surface area contributed by atoms with Crippen LogP contribution in [0.5, 0.6) is 0 Å². The smallest absolute Gasteiger partial charge is 0.0574 e. The minimum absolute atomic E-state index is 0.669. The lowest BCUT2D eigenvalue weighted by molar-refractivity contribution is 0.764. The molecule has 76 valence electrons. The van der Waals surface area contributed by atoms with E-state index in [-0.39, 0.29) is 0 Å². The van der Waals surface area contributed by atoms with Crippen LogP contribution in [-0.2, 0) is 0 Å². The Morgan fingerprint density at radius 3 is 2.80 bits per heavy atom. The zero-order valence-corrected chi connectivity index (χ0v) is 8.48. The van der Waals surface area contributed by atoms with Crippen LogP contribution in [0.1, 0.15) is 17.9 Å². The van der Waals surface area contributed by atoms with E-state index in [2.05, 4.69) is 33.7 Å². The predicted octanol–water partition coefficient (Wildman–Crippen LogP) is 1.71. The second-order valence-corrected chi connectivity index (χ2v) is 4.07. The zero-order valence-electron chi connectivity index (χ0n) is 8.48. The summed E-state index contributed by atoms with van der Waals surface area (Å²) in [4.78, 5) is 0. The van der Waals surface area contributed by atoms with Crippen molar-refractivity contribution in [3.8, 4) is 0 Å². The summed E-state index contributed by atoms with van der Waals surface area (Å²) in [5.74, 6) is 0.669. The van der Waals surface area contributed by atoms with Crippen molar-refractivity contribution in [2.75, 3.05) is 13.1 Å². The van der Waals surface area contributed by atoms with Gasteiger partial charge in [-0.15, -0.1) is 0 Å². The second kappa shape index (κ2) is 3.59. The molecule has 0 saturated carbocycles. The lowest BCUT2D eigenvalue weighted by Crippen LogP contribution is -2.07. The Labute approximate surface area is 88.5 Å². The first kappa shape index (κ1) is 8.80. The number of benzene rings is 1. The van der Waals surface area contributed by atoms with Gasteiger partial charge in [-0.25, -0.2) is 0 Å². The first-order valence-electron chi connectivity index (χ1n) is 5.34. The summed E-state index contributed by atoms with van der Waals surface area (Å²) < 4.78 is 0. The van der Waals surface area contributed by atoms with E-state index in [4.69, 9.17) is 0 Å². The van der Waals surface area contributed by atoms with E-state index in [1.807, 2.05) is 12.4 Å². The molecule has 0 radical (unpaired) electrons. The van der Waals surface area contributed by atoms with Crippen molar-refractivity contribution < 1.29 is 0 Å². The summed E-state index contributed by atoms with van der Waals surface area (Å²) in [6.45, 7) is 2.24. The number of hydrogen-bond donors (Lipinski definition) is 1. The van der Waals surface area contributed by atoms with E-state index in [9.17, 15) is 0 Å². The van der Waals surface area contributed by atoms with Crippen LogP contribution in [0, 0.1) is 0 Å². The lowest BCUT2D eigenvalue weighted by atomic mass is 9.97. The molecule has 1 aromatic heterocycles. The van der Waals surface area contributed by atoms with Gasteiger partial charge in [0.2, 0.25) is 0 Å². The van der Waals surface area contributed by atoms with Crippen molar-refractivity contribution in [3.63, 3.8) is 0 Å². The van der Waals surface area contributed by atoms with Crippen molar-refractivity contribution in [2.45, 2.75) is 12.3 Å². The quantitative estimate of drug-likeness (QED) is 0.759. The molecule has 1 N–H and O–H groups in total. The lowest BCUT2D eigenvalue weighted by Gasteiger charge is -2.09. The third-order valence-electron chi connectivity index (χ3n) is 3.10. The van der Waals surface area contributed by atoms with Crippen LogP contribution in [0.15, 0.2) is 30.6 Å². The molecule has 0 bridgehead atoms. The molecule has 2 aromatic rings.